The van der Waals surface area contributed by atoms with Gasteiger partial charge in [0, 0.05) is 12.5 Å². The standard InChI is InChI=1S/C15H19N/c1-2-3-8-15(16)14-10-9-12-6-4-5-7-13(12)11-14/h4-7,14-15H,8-11,16H2,1H3. The van der Waals surface area contributed by atoms with Crippen LogP contribution in [0.15, 0.2) is 24.3 Å². The van der Waals surface area contributed by atoms with Gasteiger partial charge < -0.3 is 5.73 Å². The summed E-state index contributed by atoms with van der Waals surface area (Å²) >= 11 is 0. The molecule has 1 aromatic carbocycles. The third kappa shape index (κ3) is 2.46. The molecule has 16 heavy (non-hydrogen) atoms. The van der Waals surface area contributed by atoms with Crippen LogP contribution in [0, 0.1) is 17.8 Å². The Labute approximate surface area is 98.0 Å². The number of hydrogen-bond donors (Lipinski definition) is 1. The normalized spacial score (nSPS) is 20.5. The lowest BCUT2D eigenvalue weighted by Crippen LogP contribution is -2.33. The maximum atomic E-state index is 6.19. The second-order valence-corrected chi connectivity index (χ2v) is 4.57. The van der Waals surface area contributed by atoms with Crippen molar-refractivity contribution >= 4 is 0 Å². The molecule has 1 aliphatic carbocycles. The van der Waals surface area contributed by atoms with Gasteiger partial charge >= 0.3 is 0 Å². The van der Waals surface area contributed by atoms with Crippen LogP contribution in [0.1, 0.15) is 30.9 Å². The van der Waals surface area contributed by atoms with Crippen molar-refractivity contribution in [2.45, 2.75) is 38.6 Å². The van der Waals surface area contributed by atoms with Crippen molar-refractivity contribution in [3.63, 3.8) is 0 Å². The van der Waals surface area contributed by atoms with Gasteiger partial charge in [-0.25, -0.2) is 0 Å². The summed E-state index contributed by atoms with van der Waals surface area (Å²) in [5.41, 5.74) is 9.18. The molecular formula is C15H19N. The summed E-state index contributed by atoms with van der Waals surface area (Å²) in [4.78, 5) is 0. The van der Waals surface area contributed by atoms with Gasteiger partial charge in [0.25, 0.3) is 0 Å². The molecule has 0 spiro atoms. The monoisotopic (exact) mass is 213 g/mol. The van der Waals surface area contributed by atoms with E-state index in [1.807, 2.05) is 6.92 Å². The second kappa shape index (κ2) is 5.18. The van der Waals surface area contributed by atoms with E-state index in [1.165, 1.54) is 24.0 Å². The molecule has 1 aliphatic rings. The first-order chi connectivity index (χ1) is 7.81. The van der Waals surface area contributed by atoms with Gasteiger partial charge in [0.2, 0.25) is 0 Å². The van der Waals surface area contributed by atoms with Gasteiger partial charge in [-0.2, -0.15) is 0 Å². The van der Waals surface area contributed by atoms with E-state index in [9.17, 15) is 0 Å². The molecule has 0 radical (unpaired) electrons. The van der Waals surface area contributed by atoms with Crippen molar-refractivity contribution in [3.8, 4) is 11.8 Å². The second-order valence-electron chi connectivity index (χ2n) is 4.57. The summed E-state index contributed by atoms with van der Waals surface area (Å²) in [7, 11) is 0. The number of hydrogen-bond acceptors (Lipinski definition) is 1. The van der Waals surface area contributed by atoms with Crippen LogP contribution in [0.3, 0.4) is 0 Å². The molecule has 2 atom stereocenters. The number of fused-ring (bicyclic) bond motifs is 1. The van der Waals surface area contributed by atoms with Crippen LogP contribution < -0.4 is 5.73 Å². The predicted octanol–water partition coefficient (Wildman–Crippen LogP) is 2.53. The fraction of sp³-hybridized carbons (Fsp3) is 0.467. The van der Waals surface area contributed by atoms with Crippen LogP contribution in [0.4, 0.5) is 0 Å². The molecule has 0 bridgehead atoms. The average Bonchev–Trinajstić information content (AvgIpc) is 2.35. The van der Waals surface area contributed by atoms with Gasteiger partial charge in [-0.15, -0.1) is 11.8 Å². The van der Waals surface area contributed by atoms with E-state index in [1.54, 1.807) is 0 Å². The molecule has 2 N–H and O–H groups in total. The zero-order valence-corrected chi connectivity index (χ0v) is 9.87. The third-order valence-electron chi connectivity index (χ3n) is 3.50. The lowest BCUT2D eigenvalue weighted by atomic mass is 9.79. The lowest BCUT2D eigenvalue weighted by molar-refractivity contribution is 0.378. The summed E-state index contributed by atoms with van der Waals surface area (Å²) < 4.78 is 0. The van der Waals surface area contributed by atoms with Crippen molar-refractivity contribution in [3.05, 3.63) is 35.4 Å². The number of nitrogens with two attached hydrogens (primary N) is 1. The molecule has 1 aromatic rings. The Hall–Kier alpha value is -1.26. The molecule has 0 aliphatic heterocycles. The van der Waals surface area contributed by atoms with Crippen molar-refractivity contribution < 1.29 is 0 Å². The maximum absolute atomic E-state index is 6.19. The van der Waals surface area contributed by atoms with Crippen LogP contribution in [0.25, 0.3) is 0 Å². The summed E-state index contributed by atoms with van der Waals surface area (Å²) in [6.45, 7) is 1.88. The van der Waals surface area contributed by atoms with Crippen LogP contribution in [0.2, 0.25) is 0 Å². The van der Waals surface area contributed by atoms with Gasteiger partial charge in [0.15, 0.2) is 0 Å². The van der Waals surface area contributed by atoms with E-state index < -0.39 is 0 Å². The average molecular weight is 213 g/mol. The molecular weight excluding hydrogens is 194 g/mol. The van der Waals surface area contributed by atoms with Crippen molar-refractivity contribution in [1.29, 1.82) is 0 Å². The van der Waals surface area contributed by atoms with Crippen molar-refractivity contribution in [2.75, 3.05) is 0 Å². The maximum Gasteiger partial charge on any atom is 0.0243 e. The lowest BCUT2D eigenvalue weighted by Gasteiger charge is -2.28. The van der Waals surface area contributed by atoms with Gasteiger partial charge in [0.05, 0.1) is 0 Å². The van der Waals surface area contributed by atoms with E-state index in [-0.39, 0.29) is 6.04 Å². The minimum absolute atomic E-state index is 0.237. The summed E-state index contributed by atoms with van der Waals surface area (Å²) in [6.07, 6.45) is 4.35. The van der Waals surface area contributed by atoms with E-state index in [2.05, 4.69) is 36.1 Å². The zero-order valence-electron chi connectivity index (χ0n) is 9.87. The SMILES string of the molecule is CC#CCC(N)C1CCc2ccccc2C1. The Morgan fingerprint density at radius 3 is 2.88 bits per heavy atom. The van der Waals surface area contributed by atoms with Crippen LogP contribution in [-0.2, 0) is 12.8 Å². The first kappa shape index (κ1) is 11.2. The molecule has 84 valence electrons. The van der Waals surface area contributed by atoms with Crippen molar-refractivity contribution in [1.82, 2.24) is 0 Å². The van der Waals surface area contributed by atoms with Crippen LogP contribution >= 0.6 is 0 Å². The minimum atomic E-state index is 0.237. The van der Waals surface area contributed by atoms with Gasteiger partial charge in [-0.1, -0.05) is 24.3 Å². The zero-order chi connectivity index (χ0) is 11.4. The molecule has 0 amide bonds. The Bertz CT molecular complexity index is 411. The number of rotatable bonds is 2. The largest absolute Gasteiger partial charge is 0.327 e. The number of aryl methyl sites for hydroxylation is 1. The highest BCUT2D eigenvalue weighted by atomic mass is 14.6. The minimum Gasteiger partial charge on any atom is -0.327 e. The highest BCUT2D eigenvalue weighted by Crippen LogP contribution is 2.27. The van der Waals surface area contributed by atoms with Gasteiger partial charge in [-0.05, 0) is 43.2 Å². The molecule has 0 heterocycles. The fourth-order valence-corrected chi connectivity index (χ4v) is 2.48. The Morgan fingerprint density at radius 2 is 2.12 bits per heavy atom. The van der Waals surface area contributed by atoms with Crippen molar-refractivity contribution in [2.24, 2.45) is 11.7 Å². The molecule has 2 rings (SSSR count). The summed E-state index contributed by atoms with van der Waals surface area (Å²) in [5, 5.41) is 0. The fourth-order valence-electron chi connectivity index (χ4n) is 2.48. The first-order valence-electron chi connectivity index (χ1n) is 6.03. The van der Waals surface area contributed by atoms with E-state index >= 15 is 0 Å². The molecule has 0 saturated carbocycles. The molecule has 2 unspecified atom stereocenters. The molecule has 0 fully saturated rings. The number of benzene rings is 1. The predicted molar refractivity (Wildman–Crippen MR) is 68.0 cm³/mol. The Morgan fingerprint density at radius 1 is 1.38 bits per heavy atom. The van der Waals surface area contributed by atoms with Gasteiger partial charge in [0.1, 0.15) is 0 Å². The Balaban J connectivity index is 2.04. The molecule has 0 saturated heterocycles. The highest BCUT2D eigenvalue weighted by Gasteiger charge is 2.22. The quantitative estimate of drug-likeness (QED) is 0.751. The summed E-state index contributed by atoms with van der Waals surface area (Å²) in [5.74, 6) is 6.63. The molecule has 1 nitrogen and oxygen atoms in total. The van der Waals surface area contributed by atoms with Crippen LogP contribution in [-0.4, -0.2) is 6.04 Å². The summed E-state index contributed by atoms with van der Waals surface area (Å²) in [6, 6.07) is 8.96. The smallest absolute Gasteiger partial charge is 0.0243 e. The first-order valence-corrected chi connectivity index (χ1v) is 6.03. The third-order valence-corrected chi connectivity index (χ3v) is 3.50. The Kier molecular flexibility index (Phi) is 3.64. The van der Waals surface area contributed by atoms with E-state index in [0.717, 1.165) is 12.8 Å². The topological polar surface area (TPSA) is 26.0 Å². The van der Waals surface area contributed by atoms with E-state index in [0.29, 0.717) is 5.92 Å². The van der Waals surface area contributed by atoms with Gasteiger partial charge in [-0.3, -0.25) is 0 Å². The molecule has 1 heteroatoms. The molecule has 0 aromatic heterocycles. The van der Waals surface area contributed by atoms with Crippen LogP contribution in [0.5, 0.6) is 0 Å². The highest BCUT2D eigenvalue weighted by molar-refractivity contribution is 5.30. The van der Waals surface area contributed by atoms with E-state index in [4.69, 9.17) is 5.73 Å².